The van der Waals surface area contributed by atoms with Gasteiger partial charge >= 0.3 is 6.03 Å². The molecule has 0 radical (unpaired) electrons. The van der Waals surface area contributed by atoms with Crippen molar-refractivity contribution in [2.24, 2.45) is 5.92 Å². The number of carbonyl (C=O) groups excluding carboxylic acids is 1. The van der Waals surface area contributed by atoms with E-state index in [0.29, 0.717) is 5.92 Å². The van der Waals surface area contributed by atoms with Crippen LogP contribution in [0.3, 0.4) is 0 Å². The first-order valence-electron chi connectivity index (χ1n) is 7.24. The highest BCUT2D eigenvalue weighted by molar-refractivity contribution is 9.10. The summed E-state index contributed by atoms with van der Waals surface area (Å²) in [5.41, 5.74) is 1.17. The average molecular weight is 338 g/mol. The zero-order valence-corrected chi connectivity index (χ0v) is 13.0. The lowest BCUT2D eigenvalue weighted by molar-refractivity contribution is 0.202. The second-order valence-electron chi connectivity index (χ2n) is 5.67. The van der Waals surface area contributed by atoms with Crippen LogP contribution in [0.25, 0.3) is 0 Å². The van der Waals surface area contributed by atoms with Crippen molar-refractivity contribution in [2.45, 2.75) is 18.9 Å². The number of hydrogen-bond donors (Lipinski definition) is 2. The van der Waals surface area contributed by atoms with E-state index in [2.05, 4.69) is 38.7 Å². The first-order chi connectivity index (χ1) is 9.72. The normalized spacial score (nSPS) is 26.6. The van der Waals surface area contributed by atoms with Crippen LogP contribution >= 0.6 is 15.9 Å². The number of urea groups is 1. The number of rotatable bonds is 3. The Kier molecular flexibility index (Phi) is 4.27. The molecule has 108 valence electrons. The highest BCUT2D eigenvalue weighted by Gasteiger charge is 2.31. The number of piperidine rings is 1. The lowest BCUT2D eigenvalue weighted by Crippen LogP contribution is -2.39. The molecule has 2 heterocycles. The molecule has 2 N–H and O–H groups in total. The fraction of sp³-hybridized carbons (Fsp3) is 0.533. The Morgan fingerprint density at radius 1 is 1.30 bits per heavy atom. The second-order valence-corrected chi connectivity index (χ2v) is 6.59. The van der Waals surface area contributed by atoms with E-state index in [1.54, 1.807) is 0 Å². The fourth-order valence-electron chi connectivity index (χ4n) is 3.02. The molecule has 2 unspecified atom stereocenters. The van der Waals surface area contributed by atoms with Crippen molar-refractivity contribution in [3.63, 3.8) is 0 Å². The van der Waals surface area contributed by atoms with Crippen molar-refractivity contribution in [3.8, 4) is 0 Å². The third kappa shape index (κ3) is 3.15. The van der Waals surface area contributed by atoms with E-state index in [9.17, 15) is 4.79 Å². The Balaban J connectivity index is 1.61. The third-order valence-electron chi connectivity index (χ3n) is 4.14. The Labute approximate surface area is 128 Å². The van der Waals surface area contributed by atoms with Gasteiger partial charge in [0.15, 0.2) is 0 Å². The van der Waals surface area contributed by atoms with Gasteiger partial charge < -0.3 is 15.5 Å². The van der Waals surface area contributed by atoms with E-state index in [0.717, 1.165) is 30.7 Å². The summed E-state index contributed by atoms with van der Waals surface area (Å²) in [6.45, 7) is 3.79. The van der Waals surface area contributed by atoms with E-state index in [-0.39, 0.29) is 12.1 Å². The topological polar surface area (TPSA) is 44.4 Å². The van der Waals surface area contributed by atoms with E-state index >= 15 is 0 Å². The summed E-state index contributed by atoms with van der Waals surface area (Å²) in [4.78, 5) is 14.0. The number of amides is 2. The Morgan fingerprint density at radius 3 is 2.80 bits per heavy atom. The molecule has 2 amide bonds. The zero-order chi connectivity index (χ0) is 13.9. The van der Waals surface area contributed by atoms with Crippen LogP contribution in [-0.4, -0.2) is 37.1 Å². The van der Waals surface area contributed by atoms with Gasteiger partial charge in [-0.05, 0) is 49.5 Å². The summed E-state index contributed by atoms with van der Waals surface area (Å²) in [5, 5.41) is 6.49. The second kappa shape index (κ2) is 6.14. The summed E-state index contributed by atoms with van der Waals surface area (Å²) >= 11 is 3.44. The number of carbonyl (C=O) groups is 1. The minimum atomic E-state index is 0.0727. The monoisotopic (exact) mass is 337 g/mol. The van der Waals surface area contributed by atoms with Crippen molar-refractivity contribution < 1.29 is 4.79 Å². The van der Waals surface area contributed by atoms with Crippen LogP contribution in [-0.2, 0) is 0 Å². The molecule has 2 aliphatic rings. The van der Waals surface area contributed by atoms with Crippen LogP contribution in [0.2, 0.25) is 0 Å². The molecule has 2 aliphatic heterocycles. The first kappa shape index (κ1) is 13.9. The molecule has 0 aromatic heterocycles. The first-order valence-corrected chi connectivity index (χ1v) is 8.03. The molecule has 3 rings (SSSR count). The van der Waals surface area contributed by atoms with Crippen molar-refractivity contribution >= 4 is 22.0 Å². The smallest absolute Gasteiger partial charge is 0.318 e. The third-order valence-corrected chi connectivity index (χ3v) is 4.67. The van der Waals surface area contributed by atoms with Crippen LogP contribution < -0.4 is 10.6 Å². The van der Waals surface area contributed by atoms with E-state index < -0.39 is 0 Å². The molecule has 2 fully saturated rings. The molecular weight excluding hydrogens is 318 g/mol. The van der Waals surface area contributed by atoms with Gasteiger partial charge in [-0.1, -0.05) is 28.1 Å². The Morgan fingerprint density at radius 2 is 2.10 bits per heavy atom. The van der Waals surface area contributed by atoms with E-state index in [1.165, 1.54) is 18.4 Å². The molecule has 0 spiro atoms. The summed E-state index contributed by atoms with van der Waals surface area (Å²) in [6, 6.07) is 8.38. The number of hydrogen-bond acceptors (Lipinski definition) is 2. The van der Waals surface area contributed by atoms with Gasteiger partial charge in [-0.25, -0.2) is 4.79 Å². The average Bonchev–Trinajstić information content (AvgIpc) is 2.82. The highest BCUT2D eigenvalue weighted by Crippen LogP contribution is 2.23. The number of halogens is 1. The van der Waals surface area contributed by atoms with Gasteiger partial charge in [-0.3, -0.25) is 0 Å². The van der Waals surface area contributed by atoms with E-state index in [4.69, 9.17) is 0 Å². The zero-order valence-electron chi connectivity index (χ0n) is 11.4. The summed E-state index contributed by atoms with van der Waals surface area (Å²) in [6.07, 6.45) is 2.44. The standard InChI is InChI=1S/C15H20BrN3O/c16-13-5-3-12(4-6-13)14-10-19(15(20)18-14)9-11-2-1-7-17-8-11/h3-6,11,14,17H,1-2,7-10H2,(H,18,20). The number of nitrogens with zero attached hydrogens (tertiary/aromatic N) is 1. The molecule has 1 aromatic carbocycles. The van der Waals surface area contributed by atoms with E-state index in [1.807, 2.05) is 17.0 Å². The van der Waals surface area contributed by atoms with Crippen LogP contribution in [0, 0.1) is 5.92 Å². The molecule has 2 saturated heterocycles. The summed E-state index contributed by atoms with van der Waals surface area (Å²) in [7, 11) is 0. The predicted molar refractivity (Wildman–Crippen MR) is 82.6 cm³/mol. The van der Waals surface area contributed by atoms with Crippen LogP contribution in [0.1, 0.15) is 24.4 Å². The molecule has 0 saturated carbocycles. The maximum absolute atomic E-state index is 12.1. The van der Waals surface area contributed by atoms with Gasteiger partial charge in [-0.2, -0.15) is 0 Å². The maximum Gasteiger partial charge on any atom is 0.318 e. The highest BCUT2D eigenvalue weighted by atomic mass is 79.9. The molecule has 5 heteroatoms. The molecular formula is C15H20BrN3O. The van der Waals surface area contributed by atoms with Gasteiger partial charge in [0.1, 0.15) is 0 Å². The van der Waals surface area contributed by atoms with Gasteiger partial charge in [0.2, 0.25) is 0 Å². The molecule has 20 heavy (non-hydrogen) atoms. The van der Waals surface area contributed by atoms with Crippen LogP contribution in [0.5, 0.6) is 0 Å². The quantitative estimate of drug-likeness (QED) is 0.890. The van der Waals surface area contributed by atoms with Crippen molar-refractivity contribution in [1.29, 1.82) is 0 Å². The molecule has 0 aliphatic carbocycles. The van der Waals surface area contributed by atoms with Gasteiger partial charge in [0, 0.05) is 17.6 Å². The lowest BCUT2D eigenvalue weighted by Gasteiger charge is -2.26. The minimum absolute atomic E-state index is 0.0727. The number of benzene rings is 1. The van der Waals surface area contributed by atoms with Crippen molar-refractivity contribution in [1.82, 2.24) is 15.5 Å². The predicted octanol–water partition coefficient (Wildman–Crippen LogP) is 2.51. The number of nitrogens with one attached hydrogen (secondary N) is 2. The van der Waals surface area contributed by atoms with Crippen molar-refractivity contribution in [2.75, 3.05) is 26.2 Å². The van der Waals surface area contributed by atoms with Gasteiger partial charge in [0.25, 0.3) is 0 Å². The molecule has 4 nitrogen and oxygen atoms in total. The summed E-state index contributed by atoms with van der Waals surface area (Å²) < 4.78 is 1.07. The lowest BCUT2D eigenvalue weighted by atomic mass is 9.99. The summed E-state index contributed by atoms with van der Waals surface area (Å²) in [5.74, 6) is 0.596. The molecule has 1 aromatic rings. The van der Waals surface area contributed by atoms with Crippen LogP contribution in [0.4, 0.5) is 4.79 Å². The van der Waals surface area contributed by atoms with Gasteiger partial charge in [0.05, 0.1) is 6.04 Å². The Hall–Kier alpha value is -1.07. The molecule has 2 atom stereocenters. The minimum Gasteiger partial charge on any atom is -0.329 e. The maximum atomic E-state index is 12.1. The fourth-order valence-corrected chi connectivity index (χ4v) is 3.29. The molecule has 0 bridgehead atoms. The van der Waals surface area contributed by atoms with Gasteiger partial charge in [-0.15, -0.1) is 0 Å². The largest absolute Gasteiger partial charge is 0.329 e. The van der Waals surface area contributed by atoms with Crippen molar-refractivity contribution in [3.05, 3.63) is 34.3 Å². The van der Waals surface area contributed by atoms with Crippen LogP contribution in [0.15, 0.2) is 28.7 Å². The SMILES string of the molecule is O=C1NC(c2ccc(Br)cc2)CN1CC1CCCNC1. The Bertz CT molecular complexity index is 471.